The van der Waals surface area contributed by atoms with Crippen LogP contribution >= 0.6 is 0 Å². The van der Waals surface area contributed by atoms with Crippen LogP contribution in [0, 0.1) is 0 Å². The highest BCUT2D eigenvalue weighted by Crippen LogP contribution is 2.23. The van der Waals surface area contributed by atoms with E-state index in [-0.39, 0.29) is 5.79 Å². The Morgan fingerprint density at radius 2 is 1.53 bits per heavy atom. The van der Waals surface area contributed by atoms with Crippen LogP contribution in [0.2, 0.25) is 0 Å². The van der Waals surface area contributed by atoms with Crippen LogP contribution in [0.4, 0.5) is 0 Å². The second-order valence-corrected chi connectivity index (χ2v) is 4.71. The van der Waals surface area contributed by atoms with Crippen molar-refractivity contribution in [2.45, 2.75) is 5.79 Å². The lowest BCUT2D eigenvalue weighted by Crippen LogP contribution is -2.76. The van der Waals surface area contributed by atoms with Crippen LogP contribution in [-0.4, -0.2) is 87.5 Å². The number of hydrogen-bond donors (Lipinski definition) is 1. The first-order chi connectivity index (χ1) is 6.93. The van der Waals surface area contributed by atoms with Gasteiger partial charge in [-0.3, -0.25) is 9.80 Å². The van der Waals surface area contributed by atoms with Crippen molar-refractivity contribution in [1.29, 1.82) is 0 Å². The maximum absolute atomic E-state index is 3.47. The number of nitrogens with zero attached hydrogens (tertiary/aromatic N) is 4. The highest BCUT2D eigenvalue weighted by molar-refractivity contribution is 4.89. The molecule has 1 fully saturated rings. The van der Waals surface area contributed by atoms with E-state index in [0.29, 0.717) is 0 Å². The molecular weight excluding hydrogens is 190 g/mol. The molecule has 0 aromatic carbocycles. The van der Waals surface area contributed by atoms with Gasteiger partial charge in [-0.15, -0.1) is 0 Å². The molecule has 0 radical (unpaired) electrons. The van der Waals surface area contributed by atoms with Crippen molar-refractivity contribution in [2.24, 2.45) is 0 Å². The fourth-order valence-corrected chi connectivity index (χ4v) is 2.41. The van der Waals surface area contributed by atoms with E-state index in [4.69, 9.17) is 0 Å². The molecule has 0 saturated carbocycles. The van der Waals surface area contributed by atoms with Crippen molar-refractivity contribution in [3.8, 4) is 0 Å². The van der Waals surface area contributed by atoms with Gasteiger partial charge in [-0.05, 0) is 28.2 Å². The summed E-state index contributed by atoms with van der Waals surface area (Å²) in [5, 5.41) is 8.05. The van der Waals surface area contributed by atoms with Gasteiger partial charge in [-0.1, -0.05) is 0 Å². The summed E-state index contributed by atoms with van der Waals surface area (Å²) in [6.45, 7) is 3.02. The number of piperazine rings is 1. The molecule has 1 N–H and O–H groups in total. The van der Waals surface area contributed by atoms with Crippen molar-refractivity contribution in [3.05, 3.63) is 0 Å². The minimum Gasteiger partial charge on any atom is -0.311 e. The first-order valence-electron chi connectivity index (χ1n) is 5.43. The molecule has 0 aromatic heterocycles. The summed E-state index contributed by atoms with van der Waals surface area (Å²) in [5.41, 5.74) is 0. The van der Waals surface area contributed by atoms with Gasteiger partial charge in [-0.2, -0.15) is 0 Å². The van der Waals surface area contributed by atoms with Gasteiger partial charge in [0.1, 0.15) is 0 Å². The SMILES string of the molecule is CN(C)N1CCNCC1(N(C)C)N(C)C. The monoisotopic (exact) mass is 215 g/mol. The number of nitrogens with one attached hydrogen (secondary N) is 1. The molecule has 5 heteroatoms. The first-order valence-corrected chi connectivity index (χ1v) is 5.43. The normalized spacial score (nSPS) is 23.0. The molecule has 0 bridgehead atoms. The average molecular weight is 215 g/mol. The van der Waals surface area contributed by atoms with Crippen LogP contribution in [0.25, 0.3) is 0 Å². The van der Waals surface area contributed by atoms with Gasteiger partial charge in [0.15, 0.2) is 5.79 Å². The molecule has 90 valence electrons. The molecule has 0 atom stereocenters. The highest BCUT2D eigenvalue weighted by Gasteiger charge is 2.44. The van der Waals surface area contributed by atoms with Gasteiger partial charge < -0.3 is 5.32 Å². The van der Waals surface area contributed by atoms with E-state index in [1.54, 1.807) is 0 Å². The predicted octanol–water partition coefficient (Wildman–Crippen LogP) is -0.855. The Hall–Kier alpha value is -0.200. The van der Waals surface area contributed by atoms with Gasteiger partial charge in [-0.25, -0.2) is 10.0 Å². The zero-order valence-electron chi connectivity index (χ0n) is 10.9. The fourth-order valence-electron chi connectivity index (χ4n) is 2.41. The third kappa shape index (κ3) is 2.16. The predicted molar refractivity (Wildman–Crippen MR) is 63.4 cm³/mol. The van der Waals surface area contributed by atoms with Crippen molar-refractivity contribution in [1.82, 2.24) is 25.1 Å². The third-order valence-corrected chi connectivity index (χ3v) is 3.19. The van der Waals surface area contributed by atoms with Gasteiger partial charge >= 0.3 is 0 Å². The fraction of sp³-hybridized carbons (Fsp3) is 1.00. The maximum atomic E-state index is 3.47. The molecule has 1 aliphatic heterocycles. The molecule has 0 aromatic rings. The highest BCUT2D eigenvalue weighted by atomic mass is 15.7. The van der Waals surface area contributed by atoms with Gasteiger partial charge in [0.05, 0.1) is 0 Å². The smallest absolute Gasteiger partial charge is 0.155 e. The first kappa shape index (κ1) is 12.9. The molecule has 0 unspecified atom stereocenters. The van der Waals surface area contributed by atoms with Crippen molar-refractivity contribution in [3.63, 3.8) is 0 Å². The van der Waals surface area contributed by atoms with E-state index in [1.807, 2.05) is 0 Å². The lowest BCUT2D eigenvalue weighted by molar-refractivity contribution is -0.219. The van der Waals surface area contributed by atoms with Gasteiger partial charge in [0.2, 0.25) is 0 Å². The van der Waals surface area contributed by atoms with Crippen molar-refractivity contribution < 1.29 is 0 Å². The number of rotatable bonds is 3. The van der Waals surface area contributed by atoms with Crippen LogP contribution < -0.4 is 5.32 Å². The Balaban J connectivity index is 2.99. The summed E-state index contributed by atoms with van der Waals surface area (Å²) in [5.74, 6) is -0.0677. The minimum absolute atomic E-state index is 0.0677. The summed E-state index contributed by atoms with van der Waals surface area (Å²) >= 11 is 0. The average Bonchev–Trinajstić information content (AvgIpc) is 2.16. The van der Waals surface area contributed by atoms with Crippen LogP contribution in [0.3, 0.4) is 0 Å². The quantitative estimate of drug-likeness (QED) is 0.618. The molecule has 0 spiro atoms. The molecule has 1 saturated heterocycles. The Morgan fingerprint density at radius 1 is 1.00 bits per heavy atom. The molecule has 1 heterocycles. The van der Waals surface area contributed by atoms with Crippen LogP contribution in [0.5, 0.6) is 0 Å². The maximum Gasteiger partial charge on any atom is 0.155 e. The molecule has 5 nitrogen and oxygen atoms in total. The van der Waals surface area contributed by atoms with Gasteiger partial charge in [0.25, 0.3) is 0 Å². The molecule has 1 rings (SSSR count). The second-order valence-electron chi connectivity index (χ2n) is 4.71. The Bertz CT molecular complexity index is 194. The zero-order chi connectivity index (χ0) is 11.6. The topological polar surface area (TPSA) is 25.0 Å². The zero-order valence-corrected chi connectivity index (χ0v) is 10.9. The van der Waals surface area contributed by atoms with E-state index in [0.717, 1.165) is 19.6 Å². The minimum atomic E-state index is -0.0677. The van der Waals surface area contributed by atoms with Crippen LogP contribution in [0.15, 0.2) is 0 Å². The summed E-state index contributed by atoms with van der Waals surface area (Å²) in [6, 6.07) is 0. The standard InChI is InChI=1S/C10H25N5/c1-12(2)10(13(3)4)9-11-7-8-15(10)14(5)6/h11H,7-9H2,1-6H3. The van der Waals surface area contributed by atoms with E-state index >= 15 is 0 Å². The van der Waals surface area contributed by atoms with Crippen molar-refractivity contribution >= 4 is 0 Å². The Labute approximate surface area is 93.6 Å². The molecule has 0 aliphatic carbocycles. The molecule has 15 heavy (non-hydrogen) atoms. The Morgan fingerprint density at radius 3 is 1.87 bits per heavy atom. The summed E-state index contributed by atoms with van der Waals surface area (Å²) in [7, 11) is 12.7. The van der Waals surface area contributed by atoms with E-state index in [9.17, 15) is 0 Å². The lowest BCUT2D eigenvalue weighted by atomic mass is 10.2. The van der Waals surface area contributed by atoms with E-state index < -0.39 is 0 Å². The summed E-state index contributed by atoms with van der Waals surface area (Å²) in [4.78, 5) is 4.53. The van der Waals surface area contributed by atoms with Crippen molar-refractivity contribution in [2.75, 3.05) is 61.9 Å². The number of hydrazine groups is 1. The van der Waals surface area contributed by atoms with Crippen LogP contribution in [0.1, 0.15) is 0 Å². The number of likely N-dealkylation sites (N-methyl/N-ethyl adjacent to an activating group) is 2. The lowest BCUT2D eigenvalue weighted by Gasteiger charge is -2.56. The summed E-state index contributed by atoms with van der Waals surface area (Å²) in [6.07, 6.45) is 0. The molecular formula is C10H25N5. The third-order valence-electron chi connectivity index (χ3n) is 3.19. The largest absolute Gasteiger partial charge is 0.311 e. The van der Waals surface area contributed by atoms with E-state index in [1.165, 1.54) is 0 Å². The molecule has 1 aliphatic rings. The van der Waals surface area contributed by atoms with E-state index in [2.05, 4.69) is 67.4 Å². The summed E-state index contributed by atoms with van der Waals surface area (Å²) < 4.78 is 0. The van der Waals surface area contributed by atoms with Crippen LogP contribution in [-0.2, 0) is 0 Å². The molecule has 0 amide bonds. The Kier molecular flexibility index (Phi) is 4.08. The second kappa shape index (κ2) is 4.76. The van der Waals surface area contributed by atoms with Gasteiger partial charge in [0, 0.05) is 33.7 Å². The number of hydrogen-bond acceptors (Lipinski definition) is 5.